The van der Waals surface area contributed by atoms with Crippen molar-refractivity contribution in [3.63, 3.8) is 0 Å². The van der Waals surface area contributed by atoms with E-state index in [9.17, 15) is 4.79 Å². The summed E-state index contributed by atoms with van der Waals surface area (Å²) in [6.45, 7) is 0.373. The van der Waals surface area contributed by atoms with Gasteiger partial charge < -0.3 is 0 Å². The molecule has 0 unspecified atom stereocenters. The number of nitrogens with one attached hydrogen (secondary N) is 1. The molecule has 112 valence electrons. The minimum atomic E-state index is -0.157. The maximum absolute atomic E-state index is 12.6. The number of benzene rings is 2. The van der Waals surface area contributed by atoms with Crippen LogP contribution in [0.15, 0.2) is 57.8 Å². The third kappa shape index (κ3) is 3.00. The molecule has 3 nitrogen and oxygen atoms in total. The molecule has 2 aromatic carbocycles. The lowest BCUT2D eigenvalue weighted by Crippen LogP contribution is -2.18. The quantitative estimate of drug-likeness (QED) is 0.666. The molecule has 6 heteroatoms. The summed E-state index contributed by atoms with van der Waals surface area (Å²) >= 11 is 15.6. The van der Waals surface area contributed by atoms with Crippen LogP contribution in [0.5, 0.6) is 0 Å². The van der Waals surface area contributed by atoms with Gasteiger partial charge in [-0.05, 0) is 39.2 Å². The zero-order valence-electron chi connectivity index (χ0n) is 11.3. The summed E-state index contributed by atoms with van der Waals surface area (Å²) in [5, 5.41) is 3.84. The van der Waals surface area contributed by atoms with Gasteiger partial charge in [0.05, 0.1) is 17.1 Å². The van der Waals surface area contributed by atoms with Crippen molar-refractivity contribution in [1.29, 1.82) is 0 Å². The Balaban J connectivity index is 1.99. The summed E-state index contributed by atoms with van der Waals surface area (Å²) in [7, 11) is 0. The molecule has 1 aromatic heterocycles. The van der Waals surface area contributed by atoms with Gasteiger partial charge in [0.15, 0.2) is 0 Å². The first-order valence-electron chi connectivity index (χ1n) is 6.54. The molecule has 0 aliphatic heterocycles. The average molecular weight is 398 g/mol. The summed E-state index contributed by atoms with van der Waals surface area (Å²) in [5.74, 6) is 0. The molecule has 3 rings (SSSR count). The predicted molar refractivity (Wildman–Crippen MR) is 93.8 cm³/mol. The van der Waals surface area contributed by atoms with Gasteiger partial charge in [-0.2, -0.15) is 0 Å². The fourth-order valence-corrected chi connectivity index (χ4v) is 2.98. The van der Waals surface area contributed by atoms with E-state index in [0.717, 1.165) is 15.6 Å². The van der Waals surface area contributed by atoms with Gasteiger partial charge in [-0.3, -0.25) is 9.89 Å². The standard InChI is InChI=1S/C16H11BrCl2N2O/c17-12-7-6-10(8-13(12)18)9-21-16(22)14(15(19)20-21)11-4-2-1-3-5-11/h1-8,20H,9H2. The summed E-state index contributed by atoms with van der Waals surface area (Å²) < 4.78 is 2.30. The van der Waals surface area contributed by atoms with E-state index < -0.39 is 0 Å². The molecule has 22 heavy (non-hydrogen) atoms. The molecular weight excluding hydrogens is 387 g/mol. The van der Waals surface area contributed by atoms with Gasteiger partial charge in [0, 0.05) is 4.47 Å². The monoisotopic (exact) mass is 396 g/mol. The Morgan fingerprint density at radius 3 is 2.50 bits per heavy atom. The normalized spacial score (nSPS) is 10.9. The first-order valence-corrected chi connectivity index (χ1v) is 8.09. The molecule has 1 heterocycles. The highest BCUT2D eigenvalue weighted by Gasteiger charge is 2.14. The van der Waals surface area contributed by atoms with Crippen molar-refractivity contribution in [1.82, 2.24) is 9.78 Å². The lowest BCUT2D eigenvalue weighted by Gasteiger charge is -2.04. The van der Waals surface area contributed by atoms with Gasteiger partial charge in [0.25, 0.3) is 5.56 Å². The lowest BCUT2D eigenvalue weighted by atomic mass is 10.1. The van der Waals surface area contributed by atoms with Crippen LogP contribution in [0.25, 0.3) is 11.1 Å². The van der Waals surface area contributed by atoms with Crippen LogP contribution < -0.4 is 5.56 Å². The first kappa shape index (κ1) is 15.4. The predicted octanol–water partition coefficient (Wildman–Crippen LogP) is 4.96. The zero-order valence-corrected chi connectivity index (χ0v) is 14.4. The Labute approximate surface area is 145 Å². The number of hydrogen-bond donors (Lipinski definition) is 1. The number of hydrogen-bond acceptors (Lipinski definition) is 1. The second kappa shape index (κ2) is 6.32. The number of H-pyrrole nitrogens is 1. The SMILES string of the molecule is O=c1c(-c2ccccc2)c(Cl)[nH]n1Cc1ccc(Br)c(Cl)c1. The van der Waals surface area contributed by atoms with Crippen molar-refractivity contribution in [3.8, 4) is 11.1 Å². The molecule has 0 saturated carbocycles. The number of rotatable bonds is 3. The molecule has 0 radical (unpaired) electrons. The molecular formula is C16H11BrCl2N2O. The summed E-state index contributed by atoms with van der Waals surface area (Å²) in [5.41, 5.74) is 2.02. The molecule has 0 bridgehead atoms. The van der Waals surface area contributed by atoms with Crippen molar-refractivity contribution < 1.29 is 0 Å². The Morgan fingerprint density at radius 2 is 1.82 bits per heavy atom. The molecule has 0 spiro atoms. The highest BCUT2D eigenvalue weighted by Crippen LogP contribution is 2.25. The molecule has 0 aliphatic carbocycles. The van der Waals surface area contributed by atoms with E-state index in [-0.39, 0.29) is 5.56 Å². The van der Waals surface area contributed by atoms with Crippen LogP contribution in [0.2, 0.25) is 10.2 Å². The number of nitrogens with zero attached hydrogens (tertiary/aromatic N) is 1. The molecule has 0 fully saturated rings. The van der Waals surface area contributed by atoms with Crippen LogP contribution in [0.4, 0.5) is 0 Å². The van der Waals surface area contributed by atoms with E-state index in [2.05, 4.69) is 21.0 Å². The van der Waals surface area contributed by atoms with Crippen molar-refractivity contribution in [2.45, 2.75) is 6.54 Å². The maximum Gasteiger partial charge on any atom is 0.276 e. The molecule has 3 aromatic rings. The van der Waals surface area contributed by atoms with Crippen molar-refractivity contribution in [3.05, 3.63) is 79.1 Å². The number of halogens is 3. The largest absolute Gasteiger partial charge is 0.284 e. The molecule has 0 atom stereocenters. The molecule has 0 amide bonds. The van der Waals surface area contributed by atoms with Crippen LogP contribution in [0.3, 0.4) is 0 Å². The fourth-order valence-electron chi connectivity index (χ4n) is 2.24. The maximum atomic E-state index is 12.6. The molecule has 0 aliphatic rings. The van der Waals surface area contributed by atoms with E-state index in [4.69, 9.17) is 23.2 Å². The second-order valence-electron chi connectivity index (χ2n) is 4.81. The Morgan fingerprint density at radius 1 is 1.09 bits per heavy atom. The second-order valence-corrected chi connectivity index (χ2v) is 6.45. The third-order valence-corrected chi connectivity index (χ3v) is 4.80. The van der Waals surface area contributed by atoms with Crippen LogP contribution in [0, 0.1) is 0 Å². The molecule has 1 N–H and O–H groups in total. The lowest BCUT2D eigenvalue weighted by molar-refractivity contribution is 0.664. The van der Waals surface area contributed by atoms with Crippen molar-refractivity contribution in [2.24, 2.45) is 0 Å². The van der Waals surface area contributed by atoms with E-state index in [0.29, 0.717) is 22.3 Å². The smallest absolute Gasteiger partial charge is 0.276 e. The minimum absolute atomic E-state index is 0.157. The van der Waals surface area contributed by atoms with Gasteiger partial charge in [0.2, 0.25) is 0 Å². The van der Waals surface area contributed by atoms with Crippen LogP contribution in [-0.2, 0) is 6.54 Å². The van der Waals surface area contributed by atoms with Gasteiger partial charge >= 0.3 is 0 Å². The van der Waals surface area contributed by atoms with Gasteiger partial charge in [-0.15, -0.1) is 0 Å². The van der Waals surface area contributed by atoms with Gasteiger partial charge in [0.1, 0.15) is 5.15 Å². The number of aromatic nitrogens is 2. The van der Waals surface area contributed by atoms with E-state index in [1.54, 1.807) is 0 Å². The Hall–Kier alpha value is -1.49. The summed E-state index contributed by atoms with van der Waals surface area (Å²) in [4.78, 5) is 12.6. The van der Waals surface area contributed by atoms with Crippen molar-refractivity contribution >= 4 is 39.1 Å². The topological polar surface area (TPSA) is 37.8 Å². The Kier molecular flexibility index (Phi) is 4.43. The van der Waals surface area contributed by atoms with E-state index >= 15 is 0 Å². The van der Waals surface area contributed by atoms with E-state index in [1.807, 2.05) is 48.5 Å². The highest BCUT2D eigenvalue weighted by atomic mass is 79.9. The highest BCUT2D eigenvalue weighted by molar-refractivity contribution is 9.10. The Bertz CT molecular complexity index is 872. The third-order valence-electron chi connectivity index (χ3n) is 3.30. The average Bonchev–Trinajstić information content (AvgIpc) is 2.78. The number of aromatic amines is 1. The van der Waals surface area contributed by atoms with Gasteiger partial charge in [-0.25, -0.2) is 4.68 Å². The van der Waals surface area contributed by atoms with Crippen molar-refractivity contribution in [2.75, 3.05) is 0 Å². The van der Waals surface area contributed by atoms with Gasteiger partial charge in [-0.1, -0.05) is 59.6 Å². The van der Waals surface area contributed by atoms with Crippen LogP contribution >= 0.6 is 39.1 Å². The molecule has 0 saturated heterocycles. The fraction of sp³-hybridized carbons (Fsp3) is 0.0625. The van der Waals surface area contributed by atoms with Crippen LogP contribution in [0.1, 0.15) is 5.56 Å². The zero-order chi connectivity index (χ0) is 15.7. The summed E-state index contributed by atoms with van der Waals surface area (Å²) in [6.07, 6.45) is 0. The van der Waals surface area contributed by atoms with E-state index in [1.165, 1.54) is 4.68 Å². The van der Waals surface area contributed by atoms with Crippen LogP contribution in [-0.4, -0.2) is 9.78 Å². The minimum Gasteiger partial charge on any atom is -0.284 e. The first-order chi connectivity index (χ1) is 10.6. The summed E-state index contributed by atoms with van der Waals surface area (Å²) in [6, 6.07) is 14.9.